The Bertz CT molecular complexity index is 459. The van der Waals surface area contributed by atoms with Crippen molar-refractivity contribution in [2.24, 2.45) is 5.92 Å². The van der Waals surface area contributed by atoms with Crippen LogP contribution >= 0.6 is 0 Å². The lowest BCUT2D eigenvalue weighted by molar-refractivity contribution is -0.147. The summed E-state index contributed by atoms with van der Waals surface area (Å²) < 4.78 is 5.61. The molecule has 5 nitrogen and oxygen atoms in total. The van der Waals surface area contributed by atoms with Crippen molar-refractivity contribution in [2.75, 3.05) is 13.7 Å². The molecule has 2 rings (SSSR count). The average molecular weight is 265 g/mol. The zero-order chi connectivity index (χ0) is 13.9. The number of likely N-dealkylation sites (N-methyl/N-ethyl adjacent to an activating group) is 1. The topological polar surface area (TPSA) is 78.8 Å². The molecule has 1 saturated carbocycles. The maximum atomic E-state index is 11.5. The SMILES string of the molecule is CNC(COc1cccc(CO)c1)(C(=O)O)C1CC1. The third-order valence-electron chi connectivity index (χ3n) is 3.65. The van der Waals surface area contributed by atoms with Gasteiger partial charge >= 0.3 is 5.97 Å². The zero-order valence-corrected chi connectivity index (χ0v) is 10.9. The fourth-order valence-electron chi connectivity index (χ4n) is 2.24. The Morgan fingerprint density at radius 2 is 2.26 bits per heavy atom. The number of carboxylic acid groups (broad SMARTS) is 1. The van der Waals surface area contributed by atoms with Crippen LogP contribution in [0, 0.1) is 5.92 Å². The summed E-state index contributed by atoms with van der Waals surface area (Å²) in [5, 5.41) is 21.4. The number of hydrogen-bond acceptors (Lipinski definition) is 4. The van der Waals surface area contributed by atoms with E-state index >= 15 is 0 Å². The highest BCUT2D eigenvalue weighted by atomic mass is 16.5. The first-order valence-electron chi connectivity index (χ1n) is 6.37. The van der Waals surface area contributed by atoms with Gasteiger partial charge in [0.25, 0.3) is 0 Å². The smallest absolute Gasteiger partial charge is 0.327 e. The number of nitrogens with one attached hydrogen (secondary N) is 1. The van der Waals surface area contributed by atoms with Gasteiger partial charge in [0.15, 0.2) is 5.54 Å². The van der Waals surface area contributed by atoms with E-state index in [1.54, 1.807) is 31.3 Å². The standard InChI is InChI=1S/C14H19NO4/c1-15-14(13(17)18,11-5-6-11)9-19-12-4-2-3-10(7-12)8-16/h2-4,7,11,15-16H,5-6,8-9H2,1H3,(H,17,18). The summed E-state index contributed by atoms with van der Waals surface area (Å²) in [6.07, 6.45) is 1.82. The van der Waals surface area contributed by atoms with Crippen molar-refractivity contribution >= 4 is 5.97 Å². The van der Waals surface area contributed by atoms with E-state index in [0.717, 1.165) is 18.4 Å². The van der Waals surface area contributed by atoms with Crippen LogP contribution in [0.15, 0.2) is 24.3 Å². The molecular formula is C14H19NO4. The Morgan fingerprint density at radius 3 is 2.79 bits per heavy atom. The Labute approximate surface area is 112 Å². The Kier molecular flexibility index (Phi) is 4.07. The number of benzene rings is 1. The van der Waals surface area contributed by atoms with Gasteiger partial charge < -0.3 is 20.3 Å². The Balaban J connectivity index is 2.08. The van der Waals surface area contributed by atoms with Crippen molar-refractivity contribution in [1.29, 1.82) is 0 Å². The van der Waals surface area contributed by atoms with E-state index in [4.69, 9.17) is 9.84 Å². The second kappa shape index (κ2) is 5.59. The number of ether oxygens (including phenoxy) is 1. The first kappa shape index (κ1) is 13.8. The zero-order valence-electron chi connectivity index (χ0n) is 10.9. The Morgan fingerprint density at radius 1 is 1.53 bits per heavy atom. The average Bonchev–Trinajstić information content (AvgIpc) is 3.25. The molecule has 0 aromatic heterocycles. The van der Waals surface area contributed by atoms with E-state index in [1.165, 1.54) is 0 Å². The van der Waals surface area contributed by atoms with E-state index in [0.29, 0.717) is 5.75 Å². The van der Waals surface area contributed by atoms with Crippen molar-refractivity contribution in [3.05, 3.63) is 29.8 Å². The van der Waals surface area contributed by atoms with Crippen LogP contribution in [0.1, 0.15) is 18.4 Å². The number of carbonyl (C=O) groups is 1. The van der Waals surface area contributed by atoms with Crippen molar-refractivity contribution in [3.63, 3.8) is 0 Å². The molecule has 1 unspecified atom stereocenters. The number of carboxylic acids is 1. The van der Waals surface area contributed by atoms with Crippen LogP contribution in [0.25, 0.3) is 0 Å². The van der Waals surface area contributed by atoms with Gasteiger partial charge in [-0.3, -0.25) is 4.79 Å². The molecule has 1 fully saturated rings. The summed E-state index contributed by atoms with van der Waals surface area (Å²) in [4.78, 5) is 11.5. The number of aliphatic carboxylic acids is 1. The summed E-state index contributed by atoms with van der Waals surface area (Å²) >= 11 is 0. The molecule has 104 valence electrons. The summed E-state index contributed by atoms with van der Waals surface area (Å²) in [7, 11) is 1.65. The molecule has 1 atom stereocenters. The molecule has 0 heterocycles. The molecule has 5 heteroatoms. The van der Waals surface area contributed by atoms with Crippen LogP contribution in [0.2, 0.25) is 0 Å². The molecule has 0 saturated heterocycles. The minimum absolute atomic E-state index is 0.0596. The molecule has 0 aliphatic heterocycles. The third kappa shape index (κ3) is 2.88. The molecular weight excluding hydrogens is 246 g/mol. The summed E-state index contributed by atoms with van der Waals surface area (Å²) in [6.45, 7) is 0.0221. The minimum atomic E-state index is -1.02. The van der Waals surface area contributed by atoms with E-state index in [1.807, 2.05) is 0 Å². The van der Waals surface area contributed by atoms with Gasteiger partial charge in [-0.2, -0.15) is 0 Å². The van der Waals surface area contributed by atoms with Crippen molar-refractivity contribution in [2.45, 2.75) is 25.0 Å². The highest BCUT2D eigenvalue weighted by Crippen LogP contribution is 2.40. The maximum Gasteiger partial charge on any atom is 0.327 e. The van der Waals surface area contributed by atoms with Gasteiger partial charge in [0.1, 0.15) is 12.4 Å². The van der Waals surface area contributed by atoms with Crippen LogP contribution < -0.4 is 10.1 Å². The highest BCUT2D eigenvalue weighted by molar-refractivity contribution is 5.80. The quantitative estimate of drug-likeness (QED) is 0.685. The van der Waals surface area contributed by atoms with Gasteiger partial charge in [-0.15, -0.1) is 0 Å². The first-order chi connectivity index (χ1) is 9.12. The lowest BCUT2D eigenvalue weighted by Gasteiger charge is -2.29. The lowest BCUT2D eigenvalue weighted by atomic mass is 9.94. The van der Waals surface area contributed by atoms with E-state index in [9.17, 15) is 9.90 Å². The van der Waals surface area contributed by atoms with Crippen LogP contribution in [-0.2, 0) is 11.4 Å². The highest BCUT2D eigenvalue weighted by Gasteiger charge is 2.51. The van der Waals surface area contributed by atoms with E-state index in [2.05, 4.69) is 5.32 Å². The summed E-state index contributed by atoms with van der Waals surface area (Å²) in [5.74, 6) is -0.181. The molecule has 19 heavy (non-hydrogen) atoms. The van der Waals surface area contributed by atoms with Gasteiger partial charge in [-0.05, 0) is 43.5 Å². The second-order valence-electron chi connectivity index (χ2n) is 4.89. The van der Waals surface area contributed by atoms with Gasteiger partial charge in [-0.25, -0.2) is 0 Å². The second-order valence-corrected chi connectivity index (χ2v) is 4.89. The molecule has 0 radical (unpaired) electrons. The number of rotatable bonds is 7. The number of hydrogen-bond donors (Lipinski definition) is 3. The van der Waals surface area contributed by atoms with E-state index < -0.39 is 11.5 Å². The van der Waals surface area contributed by atoms with Gasteiger partial charge in [-0.1, -0.05) is 12.1 Å². The maximum absolute atomic E-state index is 11.5. The van der Waals surface area contributed by atoms with Crippen molar-refractivity contribution in [3.8, 4) is 5.75 Å². The third-order valence-corrected chi connectivity index (χ3v) is 3.65. The normalized spacial score (nSPS) is 17.8. The number of aliphatic hydroxyl groups is 1. The van der Waals surface area contributed by atoms with Crippen LogP contribution in [0.4, 0.5) is 0 Å². The monoisotopic (exact) mass is 265 g/mol. The minimum Gasteiger partial charge on any atom is -0.491 e. The van der Waals surface area contributed by atoms with Crippen molar-refractivity contribution < 1.29 is 19.7 Å². The molecule has 3 N–H and O–H groups in total. The largest absolute Gasteiger partial charge is 0.491 e. The van der Waals surface area contributed by atoms with Crippen molar-refractivity contribution in [1.82, 2.24) is 5.32 Å². The van der Waals surface area contributed by atoms with Crippen LogP contribution in [0.5, 0.6) is 5.75 Å². The van der Waals surface area contributed by atoms with Gasteiger partial charge in [0, 0.05) is 0 Å². The van der Waals surface area contributed by atoms with Crippen LogP contribution in [-0.4, -0.2) is 35.4 Å². The molecule has 0 amide bonds. The van der Waals surface area contributed by atoms with Gasteiger partial charge in [0.2, 0.25) is 0 Å². The molecule has 0 spiro atoms. The Hall–Kier alpha value is -1.59. The van der Waals surface area contributed by atoms with Crippen LogP contribution in [0.3, 0.4) is 0 Å². The molecule has 0 bridgehead atoms. The van der Waals surface area contributed by atoms with Gasteiger partial charge in [0.05, 0.1) is 6.61 Å². The van der Waals surface area contributed by atoms with E-state index in [-0.39, 0.29) is 19.1 Å². The molecule has 1 aromatic carbocycles. The summed E-state index contributed by atoms with van der Waals surface area (Å²) in [6, 6.07) is 7.04. The fourth-order valence-corrected chi connectivity index (χ4v) is 2.24. The number of aliphatic hydroxyl groups excluding tert-OH is 1. The predicted molar refractivity (Wildman–Crippen MR) is 70.0 cm³/mol. The lowest BCUT2D eigenvalue weighted by Crippen LogP contribution is -2.56. The fraction of sp³-hybridized carbons (Fsp3) is 0.500. The first-order valence-corrected chi connectivity index (χ1v) is 6.37. The molecule has 1 aliphatic carbocycles. The molecule has 1 aromatic rings. The summed E-state index contributed by atoms with van der Waals surface area (Å²) in [5.41, 5.74) is -0.274. The predicted octanol–water partition coefficient (Wildman–Crippen LogP) is 1.01. The molecule has 1 aliphatic rings.